The molecule has 2 heterocycles. The molecule has 6 heteroatoms. The zero-order valence-corrected chi connectivity index (χ0v) is 16.1. The summed E-state index contributed by atoms with van der Waals surface area (Å²) in [6, 6.07) is 15.2. The first-order valence-corrected chi connectivity index (χ1v) is 9.61. The third-order valence-corrected chi connectivity index (χ3v) is 5.66. The van der Waals surface area contributed by atoms with E-state index in [-0.39, 0.29) is 5.91 Å². The van der Waals surface area contributed by atoms with Crippen molar-refractivity contribution in [2.24, 2.45) is 5.92 Å². The second-order valence-electron chi connectivity index (χ2n) is 6.75. The molecular formula is C21H18Cl2N2O2. The molecule has 0 spiro atoms. The first kappa shape index (κ1) is 18.1. The van der Waals surface area contributed by atoms with Crippen molar-refractivity contribution < 1.29 is 9.32 Å². The molecular weight excluding hydrogens is 383 g/mol. The molecule has 0 N–H and O–H groups in total. The molecule has 1 aliphatic heterocycles. The van der Waals surface area contributed by atoms with E-state index in [2.05, 4.69) is 5.16 Å². The average Bonchev–Trinajstić information content (AvgIpc) is 3.33. The van der Waals surface area contributed by atoms with Gasteiger partial charge in [0.05, 0.1) is 11.2 Å². The maximum atomic E-state index is 13.0. The topological polar surface area (TPSA) is 46.3 Å². The van der Waals surface area contributed by atoms with Crippen molar-refractivity contribution in [2.75, 3.05) is 13.1 Å². The molecule has 27 heavy (non-hydrogen) atoms. The van der Waals surface area contributed by atoms with Crippen LogP contribution in [0.2, 0.25) is 10.0 Å². The van der Waals surface area contributed by atoms with Gasteiger partial charge in [-0.3, -0.25) is 4.79 Å². The maximum absolute atomic E-state index is 13.0. The molecule has 1 unspecified atom stereocenters. The molecule has 0 bridgehead atoms. The molecule has 138 valence electrons. The summed E-state index contributed by atoms with van der Waals surface area (Å²) in [5.41, 5.74) is 2.24. The van der Waals surface area contributed by atoms with E-state index in [1.165, 1.54) is 6.20 Å². The lowest BCUT2D eigenvalue weighted by Crippen LogP contribution is -2.29. The lowest BCUT2D eigenvalue weighted by Gasteiger charge is -2.16. The van der Waals surface area contributed by atoms with Gasteiger partial charge in [-0.25, -0.2) is 0 Å². The van der Waals surface area contributed by atoms with Crippen LogP contribution in [0.15, 0.2) is 59.3 Å². The summed E-state index contributed by atoms with van der Waals surface area (Å²) in [5, 5.41) is 5.14. The summed E-state index contributed by atoms with van der Waals surface area (Å²) < 4.78 is 5.35. The van der Waals surface area contributed by atoms with Gasteiger partial charge in [0.15, 0.2) is 5.76 Å². The number of carbonyl (C=O) groups excluding carboxylic acids is 1. The zero-order chi connectivity index (χ0) is 18.8. The summed E-state index contributed by atoms with van der Waals surface area (Å²) >= 11 is 12.5. The van der Waals surface area contributed by atoms with E-state index in [0.717, 1.165) is 23.4 Å². The number of rotatable bonds is 4. The molecule has 4 rings (SSSR count). The average molecular weight is 401 g/mol. The normalized spacial score (nSPS) is 16.7. The predicted molar refractivity (Wildman–Crippen MR) is 106 cm³/mol. The van der Waals surface area contributed by atoms with Crippen molar-refractivity contribution >= 4 is 29.1 Å². The molecule has 2 aromatic carbocycles. The van der Waals surface area contributed by atoms with Crippen LogP contribution in [0.3, 0.4) is 0 Å². The minimum Gasteiger partial charge on any atom is -0.355 e. The highest BCUT2D eigenvalue weighted by Crippen LogP contribution is 2.32. The van der Waals surface area contributed by atoms with Crippen molar-refractivity contribution in [1.82, 2.24) is 10.1 Å². The Morgan fingerprint density at radius 3 is 2.63 bits per heavy atom. The number of likely N-dealkylation sites (tertiary alicyclic amines) is 1. The highest BCUT2D eigenvalue weighted by Gasteiger charge is 2.30. The molecule has 0 radical (unpaired) electrons. The molecule has 1 aromatic heterocycles. The van der Waals surface area contributed by atoms with Crippen LogP contribution in [0.25, 0.3) is 11.3 Å². The highest BCUT2D eigenvalue weighted by atomic mass is 35.5. The molecule has 1 saturated heterocycles. The molecule has 0 saturated carbocycles. The lowest BCUT2D eigenvalue weighted by molar-refractivity contribution is 0.0787. The first-order chi connectivity index (χ1) is 13.1. The van der Waals surface area contributed by atoms with E-state index in [4.69, 9.17) is 27.7 Å². The predicted octanol–water partition coefficient (Wildman–Crippen LogP) is 5.35. The molecule has 3 aromatic rings. The number of benzene rings is 2. The van der Waals surface area contributed by atoms with E-state index in [0.29, 0.717) is 40.9 Å². The Kier molecular flexibility index (Phi) is 5.19. The maximum Gasteiger partial charge on any atom is 0.259 e. The van der Waals surface area contributed by atoms with Gasteiger partial charge in [-0.1, -0.05) is 58.7 Å². The number of amides is 1. The van der Waals surface area contributed by atoms with E-state index < -0.39 is 0 Å². The van der Waals surface area contributed by atoms with Gasteiger partial charge < -0.3 is 9.42 Å². The number of hydrogen-bond donors (Lipinski definition) is 0. The van der Waals surface area contributed by atoms with E-state index in [1.54, 1.807) is 6.07 Å². The van der Waals surface area contributed by atoms with Crippen LogP contribution in [-0.2, 0) is 6.42 Å². The number of hydrogen-bond acceptors (Lipinski definition) is 3. The van der Waals surface area contributed by atoms with Gasteiger partial charge in [0.2, 0.25) is 0 Å². The van der Waals surface area contributed by atoms with Gasteiger partial charge in [-0.2, -0.15) is 0 Å². The van der Waals surface area contributed by atoms with Crippen LogP contribution in [0.4, 0.5) is 0 Å². The minimum atomic E-state index is -0.0761. The molecule has 1 aliphatic rings. The van der Waals surface area contributed by atoms with E-state index in [9.17, 15) is 4.79 Å². The smallest absolute Gasteiger partial charge is 0.259 e. The fraction of sp³-hybridized carbons (Fsp3) is 0.238. The number of nitrogens with zero attached hydrogens (tertiary/aromatic N) is 2. The van der Waals surface area contributed by atoms with Gasteiger partial charge in [0, 0.05) is 23.7 Å². The van der Waals surface area contributed by atoms with Crippen LogP contribution in [0.1, 0.15) is 22.3 Å². The van der Waals surface area contributed by atoms with Crippen molar-refractivity contribution in [1.29, 1.82) is 0 Å². The Balaban J connectivity index is 1.50. The minimum absolute atomic E-state index is 0.0761. The fourth-order valence-electron chi connectivity index (χ4n) is 3.56. The van der Waals surface area contributed by atoms with Gasteiger partial charge in [0.1, 0.15) is 5.56 Å². The number of halogens is 2. The zero-order valence-electron chi connectivity index (χ0n) is 14.6. The molecule has 1 atom stereocenters. The molecule has 0 aliphatic carbocycles. The highest BCUT2D eigenvalue weighted by molar-refractivity contribution is 6.33. The van der Waals surface area contributed by atoms with Crippen molar-refractivity contribution in [2.45, 2.75) is 12.8 Å². The molecule has 1 amide bonds. The largest absolute Gasteiger partial charge is 0.355 e. The van der Waals surface area contributed by atoms with Crippen LogP contribution in [-0.4, -0.2) is 29.1 Å². The Hall–Kier alpha value is -2.30. The van der Waals surface area contributed by atoms with Gasteiger partial charge in [-0.15, -0.1) is 0 Å². The molecule has 4 nitrogen and oxygen atoms in total. The number of carbonyl (C=O) groups is 1. The summed E-state index contributed by atoms with van der Waals surface area (Å²) in [6.45, 7) is 1.40. The van der Waals surface area contributed by atoms with Crippen molar-refractivity contribution in [3.05, 3.63) is 75.9 Å². The monoisotopic (exact) mass is 400 g/mol. The van der Waals surface area contributed by atoms with E-state index in [1.807, 2.05) is 47.4 Å². The number of aromatic nitrogens is 1. The SMILES string of the molecule is O=C(c1cnoc1-c1ccccc1Cl)N1CCC(Cc2ccccc2Cl)C1. The van der Waals surface area contributed by atoms with Crippen LogP contribution in [0, 0.1) is 5.92 Å². The Morgan fingerprint density at radius 1 is 1.11 bits per heavy atom. The second-order valence-corrected chi connectivity index (χ2v) is 7.56. The van der Waals surface area contributed by atoms with Gasteiger partial charge in [0.25, 0.3) is 5.91 Å². The quantitative estimate of drug-likeness (QED) is 0.592. The molecule has 1 fully saturated rings. The van der Waals surface area contributed by atoms with Crippen molar-refractivity contribution in [3.63, 3.8) is 0 Å². The van der Waals surface area contributed by atoms with Crippen LogP contribution >= 0.6 is 23.2 Å². The van der Waals surface area contributed by atoms with Crippen LogP contribution in [0.5, 0.6) is 0 Å². The third kappa shape index (κ3) is 3.73. The summed E-state index contributed by atoms with van der Waals surface area (Å²) in [6.07, 6.45) is 3.29. The standard InChI is InChI=1S/C21H18Cl2N2O2/c22-18-7-3-1-5-15(18)11-14-9-10-25(13-14)21(26)17-12-24-27-20(17)16-6-2-4-8-19(16)23/h1-8,12,14H,9-11,13H2. The Labute approximate surface area is 167 Å². The van der Waals surface area contributed by atoms with Crippen LogP contribution < -0.4 is 0 Å². The second kappa shape index (κ2) is 7.75. The summed E-state index contributed by atoms with van der Waals surface area (Å²) in [5.74, 6) is 0.727. The summed E-state index contributed by atoms with van der Waals surface area (Å²) in [4.78, 5) is 14.9. The van der Waals surface area contributed by atoms with E-state index >= 15 is 0 Å². The Bertz CT molecular complexity index is 970. The lowest BCUT2D eigenvalue weighted by atomic mass is 9.99. The third-order valence-electron chi connectivity index (χ3n) is 4.96. The Morgan fingerprint density at radius 2 is 1.85 bits per heavy atom. The fourth-order valence-corrected chi connectivity index (χ4v) is 3.99. The van der Waals surface area contributed by atoms with Gasteiger partial charge in [-0.05, 0) is 42.5 Å². The van der Waals surface area contributed by atoms with Crippen molar-refractivity contribution in [3.8, 4) is 11.3 Å². The first-order valence-electron chi connectivity index (χ1n) is 8.85. The summed E-state index contributed by atoms with van der Waals surface area (Å²) in [7, 11) is 0. The van der Waals surface area contributed by atoms with Gasteiger partial charge >= 0.3 is 0 Å².